The second kappa shape index (κ2) is 4.33. The van der Waals surface area contributed by atoms with Gasteiger partial charge < -0.3 is 9.73 Å². The molecule has 0 atom stereocenters. The SMILES string of the molecule is Cc1ccc(C(=O)NC2CC2)cc1-c1ccco1. The van der Waals surface area contributed by atoms with Gasteiger partial charge in [-0.1, -0.05) is 6.07 Å². The zero-order chi connectivity index (χ0) is 12.5. The van der Waals surface area contributed by atoms with Gasteiger partial charge in [-0.2, -0.15) is 0 Å². The highest BCUT2D eigenvalue weighted by Gasteiger charge is 2.24. The Bertz CT molecular complexity index is 568. The molecule has 1 aromatic carbocycles. The van der Waals surface area contributed by atoms with Gasteiger partial charge in [-0.25, -0.2) is 0 Å². The number of aryl methyl sites for hydroxylation is 1. The number of carbonyl (C=O) groups is 1. The lowest BCUT2D eigenvalue weighted by atomic mass is 10.0. The molecule has 1 amide bonds. The summed E-state index contributed by atoms with van der Waals surface area (Å²) in [6.07, 6.45) is 3.84. The first-order valence-corrected chi connectivity index (χ1v) is 6.19. The van der Waals surface area contributed by atoms with E-state index in [4.69, 9.17) is 4.42 Å². The number of carbonyl (C=O) groups excluding carboxylic acids is 1. The Hall–Kier alpha value is -2.03. The molecule has 1 aromatic heterocycles. The molecule has 0 saturated heterocycles. The van der Waals surface area contributed by atoms with Crippen LogP contribution in [0.3, 0.4) is 0 Å². The van der Waals surface area contributed by atoms with E-state index in [0.29, 0.717) is 11.6 Å². The number of hydrogen-bond acceptors (Lipinski definition) is 2. The van der Waals surface area contributed by atoms with Gasteiger partial charge in [-0.05, 0) is 49.6 Å². The first-order valence-electron chi connectivity index (χ1n) is 6.19. The number of nitrogens with one attached hydrogen (secondary N) is 1. The zero-order valence-corrected chi connectivity index (χ0v) is 10.3. The Balaban J connectivity index is 1.92. The summed E-state index contributed by atoms with van der Waals surface area (Å²) in [7, 11) is 0. The van der Waals surface area contributed by atoms with Crippen LogP contribution in [0, 0.1) is 6.92 Å². The molecular formula is C15H15NO2. The van der Waals surface area contributed by atoms with E-state index < -0.39 is 0 Å². The van der Waals surface area contributed by atoms with E-state index in [2.05, 4.69) is 5.32 Å². The van der Waals surface area contributed by atoms with Crippen LogP contribution in [0.15, 0.2) is 41.0 Å². The van der Waals surface area contributed by atoms with Crippen LogP contribution in [0.4, 0.5) is 0 Å². The number of furan rings is 1. The predicted molar refractivity (Wildman–Crippen MR) is 69.4 cm³/mol. The molecule has 1 fully saturated rings. The summed E-state index contributed by atoms with van der Waals surface area (Å²) in [5.41, 5.74) is 2.77. The molecule has 1 saturated carbocycles. The van der Waals surface area contributed by atoms with Crippen LogP contribution in [0.25, 0.3) is 11.3 Å². The lowest BCUT2D eigenvalue weighted by Crippen LogP contribution is -2.25. The Morgan fingerprint density at radius 2 is 2.17 bits per heavy atom. The van der Waals surface area contributed by atoms with Gasteiger partial charge >= 0.3 is 0 Å². The fourth-order valence-corrected chi connectivity index (χ4v) is 1.96. The van der Waals surface area contributed by atoms with Crippen LogP contribution in [0.1, 0.15) is 28.8 Å². The van der Waals surface area contributed by atoms with E-state index in [1.165, 1.54) is 0 Å². The summed E-state index contributed by atoms with van der Waals surface area (Å²) in [5.74, 6) is 0.805. The third kappa shape index (κ3) is 2.16. The third-order valence-corrected chi connectivity index (χ3v) is 3.20. The summed E-state index contributed by atoms with van der Waals surface area (Å²) in [6.45, 7) is 2.01. The van der Waals surface area contributed by atoms with Crippen molar-refractivity contribution in [2.45, 2.75) is 25.8 Å². The maximum atomic E-state index is 12.0. The lowest BCUT2D eigenvalue weighted by Gasteiger charge is -2.07. The van der Waals surface area contributed by atoms with Gasteiger partial charge in [0.05, 0.1) is 6.26 Å². The van der Waals surface area contributed by atoms with Crippen molar-refractivity contribution >= 4 is 5.91 Å². The second-order valence-electron chi connectivity index (χ2n) is 4.75. The number of benzene rings is 1. The Kier molecular flexibility index (Phi) is 2.67. The van der Waals surface area contributed by atoms with Crippen molar-refractivity contribution in [3.63, 3.8) is 0 Å². The van der Waals surface area contributed by atoms with E-state index in [-0.39, 0.29) is 5.91 Å². The van der Waals surface area contributed by atoms with Crippen molar-refractivity contribution < 1.29 is 9.21 Å². The molecule has 18 heavy (non-hydrogen) atoms. The quantitative estimate of drug-likeness (QED) is 0.897. The first-order chi connectivity index (χ1) is 8.74. The summed E-state index contributed by atoms with van der Waals surface area (Å²) in [5, 5.41) is 2.99. The number of amides is 1. The molecule has 0 bridgehead atoms. The van der Waals surface area contributed by atoms with E-state index in [9.17, 15) is 4.79 Å². The van der Waals surface area contributed by atoms with Gasteiger partial charge in [0.25, 0.3) is 5.91 Å². The highest BCUT2D eigenvalue weighted by molar-refractivity contribution is 5.95. The molecule has 1 aliphatic carbocycles. The lowest BCUT2D eigenvalue weighted by molar-refractivity contribution is 0.0951. The summed E-state index contributed by atoms with van der Waals surface area (Å²) in [4.78, 5) is 12.0. The molecule has 3 nitrogen and oxygen atoms in total. The zero-order valence-electron chi connectivity index (χ0n) is 10.3. The molecule has 0 radical (unpaired) electrons. The van der Waals surface area contributed by atoms with Crippen molar-refractivity contribution in [3.8, 4) is 11.3 Å². The smallest absolute Gasteiger partial charge is 0.251 e. The van der Waals surface area contributed by atoms with Gasteiger partial charge in [0, 0.05) is 17.2 Å². The number of rotatable bonds is 3. The fourth-order valence-electron chi connectivity index (χ4n) is 1.96. The summed E-state index contributed by atoms with van der Waals surface area (Å²) >= 11 is 0. The molecule has 1 heterocycles. The first kappa shape index (κ1) is 11.1. The Labute approximate surface area is 106 Å². The Morgan fingerprint density at radius 3 is 2.83 bits per heavy atom. The fraction of sp³-hybridized carbons (Fsp3) is 0.267. The molecule has 1 aliphatic rings. The minimum atomic E-state index is 0.00491. The Morgan fingerprint density at radius 1 is 1.33 bits per heavy atom. The third-order valence-electron chi connectivity index (χ3n) is 3.20. The summed E-state index contributed by atoms with van der Waals surface area (Å²) < 4.78 is 5.40. The van der Waals surface area contributed by atoms with Gasteiger partial charge in [-0.3, -0.25) is 4.79 Å². The van der Waals surface area contributed by atoms with E-state index >= 15 is 0 Å². The van der Waals surface area contributed by atoms with Gasteiger partial charge in [0.2, 0.25) is 0 Å². The van der Waals surface area contributed by atoms with Gasteiger partial charge in [-0.15, -0.1) is 0 Å². The van der Waals surface area contributed by atoms with Gasteiger partial charge in [0.15, 0.2) is 0 Å². The molecular weight excluding hydrogens is 226 g/mol. The van der Waals surface area contributed by atoms with Crippen LogP contribution < -0.4 is 5.32 Å². The predicted octanol–water partition coefficient (Wildman–Crippen LogP) is 3.15. The average molecular weight is 241 g/mol. The maximum Gasteiger partial charge on any atom is 0.251 e. The molecule has 3 heteroatoms. The van der Waals surface area contributed by atoms with Gasteiger partial charge in [0.1, 0.15) is 5.76 Å². The minimum absolute atomic E-state index is 0.00491. The van der Waals surface area contributed by atoms with Crippen LogP contribution in [-0.2, 0) is 0 Å². The van der Waals surface area contributed by atoms with E-state index in [0.717, 1.165) is 29.7 Å². The maximum absolute atomic E-state index is 12.0. The molecule has 1 N–H and O–H groups in total. The average Bonchev–Trinajstić information content (AvgIpc) is 3.01. The molecule has 0 unspecified atom stereocenters. The van der Waals surface area contributed by atoms with Crippen LogP contribution >= 0.6 is 0 Å². The minimum Gasteiger partial charge on any atom is -0.464 e. The second-order valence-corrected chi connectivity index (χ2v) is 4.75. The van der Waals surface area contributed by atoms with Crippen LogP contribution in [-0.4, -0.2) is 11.9 Å². The molecule has 0 spiro atoms. The molecule has 3 rings (SSSR count). The topological polar surface area (TPSA) is 42.2 Å². The molecule has 0 aliphatic heterocycles. The number of hydrogen-bond donors (Lipinski definition) is 1. The van der Waals surface area contributed by atoms with Crippen molar-refractivity contribution in [2.24, 2.45) is 0 Å². The largest absolute Gasteiger partial charge is 0.464 e. The standard InChI is InChI=1S/C15H15NO2/c1-10-4-5-11(15(17)16-12-6-7-12)9-13(10)14-3-2-8-18-14/h2-5,8-9,12H,6-7H2,1H3,(H,16,17). The van der Waals surface area contributed by atoms with Crippen molar-refractivity contribution in [1.82, 2.24) is 5.32 Å². The highest BCUT2D eigenvalue weighted by atomic mass is 16.3. The monoisotopic (exact) mass is 241 g/mol. The normalized spacial score (nSPS) is 14.5. The van der Waals surface area contributed by atoms with Crippen molar-refractivity contribution in [3.05, 3.63) is 47.7 Å². The molecule has 2 aromatic rings. The van der Waals surface area contributed by atoms with E-state index in [1.807, 2.05) is 37.3 Å². The van der Waals surface area contributed by atoms with Crippen LogP contribution in [0.5, 0.6) is 0 Å². The molecule has 92 valence electrons. The van der Waals surface area contributed by atoms with Crippen molar-refractivity contribution in [2.75, 3.05) is 0 Å². The summed E-state index contributed by atoms with van der Waals surface area (Å²) in [6, 6.07) is 9.85. The van der Waals surface area contributed by atoms with Crippen molar-refractivity contribution in [1.29, 1.82) is 0 Å². The highest BCUT2D eigenvalue weighted by Crippen LogP contribution is 2.25. The van der Waals surface area contributed by atoms with Crippen LogP contribution in [0.2, 0.25) is 0 Å². The van der Waals surface area contributed by atoms with E-state index in [1.54, 1.807) is 6.26 Å².